The van der Waals surface area contributed by atoms with Crippen LogP contribution >= 0.6 is 0 Å². The molecule has 2 atom stereocenters. The molecule has 0 radical (unpaired) electrons. The van der Waals surface area contributed by atoms with Gasteiger partial charge in [-0.15, -0.1) is 0 Å². The number of benzene rings is 1. The van der Waals surface area contributed by atoms with E-state index in [4.69, 9.17) is 4.74 Å². The summed E-state index contributed by atoms with van der Waals surface area (Å²) in [5.41, 5.74) is 2.81. The van der Waals surface area contributed by atoms with Crippen LogP contribution in [0.4, 0.5) is 0 Å². The molecule has 1 aliphatic rings. The van der Waals surface area contributed by atoms with Crippen molar-refractivity contribution in [3.8, 4) is 0 Å². The Morgan fingerprint density at radius 1 is 1.15 bits per heavy atom. The van der Waals surface area contributed by atoms with Crippen molar-refractivity contribution in [2.24, 2.45) is 11.8 Å². The van der Waals surface area contributed by atoms with Crippen molar-refractivity contribution in [2.75, 3.05) is 13.7 Å². The van der Waals surface area contributed by atoms with E-state index in [1.807, 2.05) is 0 Å². The van der Waals surface area contributed by atoms with Gasteiger partial charge in [0.25, 0.3) is 0 Å². The molecule has 1 aliphatic carbocycles. The molecule has 112 valence electrons. The quantitative estimate of drug-likeness (QED) is 0.775. The zero-order valence-electron chi connectivity index (χ0n) is 13.4. The predicted octanol–water partition coefficient (Wildman–Crippen LogP) is 3.96. The number of hydrogen-bond donors (Lipinski definition) is 1. The molecule has 1 fully saturated rings. The van der Waals surface area contributed by atoms with Crippen molar-refractivity contribution in [1.82, 2.24) is 5.32 Å². The van der Waals surface area contributed by atoms with Crippen LogP contribution in [0.15, 0.2) is 24.3 Å². The van der Waals surface area contributed by atoms with Crippen molar-refractivity contribution in [3.05, 3.63) is 35.4 Å². The minimum atomic E-state index is 0.392. The Bertz CT molecular complexity index is 394. The van der Waals surface area contributed by atoms with E-state index < -0.39 is 0 Å². The van der Waals surface area contributed by atoms with Gasteiger partial charge in [0.1, 0.15) is 0 Å². The predicted molar refractivity (Wildman–Crippen MR) is 84.9 cm³/mol. The van der Waals surface area contributed by atoms with Gasteiger partial charge in [0.2, 0.25) is 0 Å². The van der Waals surface area contributed by atoms with Crippen LogP contribution in [0.1, 0.15) is 50.8 Å². The summed E-state index contributed by atoms with van der Waals surface area (Å²) in [4.78, 5) is 0. The summed E-state index contributed by atoms with van der Waals surface area (Å²) >= 11 is 0. The zero-order valence-corrected chi connectivity index (χ0v) is 13.4. The number of hydrogen-bond acceptors (Lipinski definition) is 2. The smallest absolute Gasteiger partial charge is 0.0618 e. The van der Waals surface area contributed by atoms with Gasteiger partial charge in [-0.3, -0.25) is 0 Å². The van der Waals surface area contributed by atoms with E-state index in [-0.39, 0.29) is 0 Å². The fourth-order valence-electron chi connectivity index (χ4n) is 2.83. The van der Waals surface area contributed by atoms with Gasteiger partial charge in [0.05, 0.1) is 6.61 Å². The topological polar surface area (TPSA) is 21.3 Å². The molecule has 1 saturated carbocycles. The average Bonchev–Trinajstić information content (AvgIpc) is 3.22. The molecule has 0 heterocycles. The second-order valence-corrected chi connectivity index (χ2v) is 6.63. The van der Waals surface area contributed by atoms with E-state index in [2.05, 4.69) is 50.4 Å². The van der Waals surface area contributed by atoms with Gasteiger partial charge >= 0.3 is 0 Å². The minimum absolute atomic E-state index is 0.392. The summed E-state index contributed by atoms with van der Waals surface area (Å²) in [5, 5.41) is 3.73. The third-order valence-corrected chi connectivity index (χ3v) is 4.13. The highest BCUT2D eigenvalue weighted by molar-refractivity contribution is 5.25. The molecule has 2 nitrogen and oxygen atoms in total. The van der Waals surface area contributed by atoms with Gasteiger partial charge in [-0.25, -0.2) is 0 Å². The van der Waals surface area contributed by atoms with Gasteiger partial charge in [0.15, 0.2) is 0 Å². The first-order chi connectivity index (χ1) is 9.60. The van der Waals surface area contributed by atoms with Crippen LogP contribution in [0.5, 0.6) is 0 Å². The molecule has 0 aromatic heterocycles. The molecule has 1 aromatic carbocycles. The third-order valence-electron chi connectivity index (χ3n) is 4.13. The molecular formula is C18H29NO. The summed E-state index contributed by atoms with van der Waals surface area (Å²) in [7, 11) is 1.79. The van der Waals surface area contributed by atoms with Crippen LogP contribution in [0.3, 0.4) is 0 Å². The molecule has 0 spiro atoms. The Morgan fingerprint density at radius 2 is 1.80 bits per heavy atom. The Kier molecular flexibility index (Phi) is 5.62. The highest BCUT2D eigenvalue weighted by Gasteiger charge is 2.31. The normalized spacial score (nSPS) is 18.2. The summed E-state index contributed by atoms with van der Waals surface area (Å²) in [6, 6.07) is 9.98. The van der Waals surface area contributed by atoms with Gasteiger partial charge in [-0.2, -0.15) is 0 Å². The van der Waals surface area contributed by atoms with E-state index in [1.54, 1.807) is 7.11 Å². The van der Waals surface area contributed by atoms with Crippen LogP contribution < -0.4 is 5.32 Å². The van der Waals surface area contributed by atoms with Crippen molar-refractivity contribution in [1.29, 1.82) is 0 Å². The highest BCUT2D eigenvalue weighted by Crippen LogP contribution is 2.33. The summed E-state index contributed by atoms with van der Waals surface area (Å²) in [5.74, 6) is 1.54. The number of nitrogens with one attached hydrogen (secondary N) is 1. The fourth-order valence-corrected chi connectivity index (χ4v) is 2.83. The van der Waals surface area contributed by atoms with Crippen LogP contribution in [-0.4, -0.2) is 19.8 Å². The fraction of sp³-hybridized carbons (Fsp3) is 0.667. The lowest BCUT2D eigenvalue weighted by Crippen LogP contribution is -2.36. The maximum atomic E-state index is 5.34. The van der Waals surface area contributed by atoms with Gasteiger partial charge in [-0.05, 0) is 49.1 Å². The van der Waals surface area contributed by atoms with E-state index in [0.29, 0.717) is 12.1 Å². The van der Waals surface area contributed by atoms with E-state index >= 15 is 0 Å². The summed E-state index contributed by atoms with van der Waals surface area (Å²) < 4.78 is 5.34. The minimum Gasteiger partial charge on any atom is -0.383 e. The average molecular weight is 275 g/mol. The van der Waals surface area contributed by atoms with E-state index in [9.17, 15) is 0 Å². The Labute approximate surface area is 123 Å². The maximum absolute atomic E-state index is 5.34. The summed E-state index contributed by atoms with van der Waals surface area (Å²) in [6.07, 6.45) is 3.86. The monoisotopic (exact) mass is 275 g/mol. The molecule has 0 bridgehead atoms. The Hall–Kier alpha value is -0.860. The highest BCUT2D eigenvalue weighted by atomic mass is 16.5. The second kappa shape index (κ2) is 7.24. The standard InChI is InChI=1S/C18H29NO/c1-13(2)11-15-5-7-16(8-6-15)14(3)19-18(12-20-4)17-9-10-17/h5-8,13-14,17-19H,9-12H2,1-4H3. The Balaban J connectivity index is 1.92. The van der Waals surface area contributed by atoms with E-state index in [1.165, 1.54) is 24.0 Å². The van der Waals surface area contributed by atoms with E-state index in [0.717, 1.165) is 24.9 Å². The number of methoxy groups -OCH3 is 1. The lowest BCUT2D eigenvalue weighted by atomic mass is 9.99. The number of ether oxygens (including phenoxy) is 1. The molecule has 1 N–H and O–H groups in total. The van der Waals surface area contributed by atoms with Crippen LogP contribution in [-0.2, 0) is 11.2 Å². The Morgan fingerprint density at radius 3 is 2.30 bits per heavy atom. The van der Waals surface area contributed by atoms with Gasteiger partial charge < -0.3 is 10.1 Å². The second-order valence-electron chi connectivity index (χ2n) is 6.63. The van der Waals surface area contributed by atoms with Crippen molar-refractivity contribution >= 4 is 0 Å². The molecular weight excluding hydrogens is 246 g/mol. The first-order valence-electron chi connectivity index (χ1n) is 7.94. The third kappa shape index (κ3) is 4.60. The molecule has 20 heavy (non-hydrogen) atoms. The molecule has 0 amide bonds. The largest absolute Gasteiger partial charge is 0.383 e. The number of rotatable bonds is 8. The molecule has 2 heteroatoms. The van der Waals surface area contributed by atoms with Crippen molar-refractivity contribution in [3.63, 3.8) is 0 Å². The SMILES string of the molecule is COCC(NC(C)c1ccc(CC(C)C)cc1)C1CC1. The van der Waals surface area contributed by atoms with Crippen LogP contribution in [0.2, 0.25) is 0 Å². The molecule has 2 rings (SSSR count). The molecule has 1 aromatic rings. The lowest BCUT2D eigenvalue weighted by molar-refractivity contribution is 0.152. The van der Waals surface area contributed by atoms with Crippen LogP contribution in [0, 0.1) is 11.8 Å². The molecule has 0 aliphatic heterocycles. The first kappa shape index (κ1) is 15.5. The van der Waals surface area contributed by atoms with Crippen LogP contribution in [0.25, 0.3) is 0 Å². The van der Waals surface area contributed by atoms with Crippen molar-refractivity contribution in [2.45, 2.75) is 52.1 Å². The van der Waals surface area contributed by atoms with Gasteiger partial charge in [0, 0.05) is 19.2 Å². The molecule has 2 unspecified atom stereocenters. The van der Waals surface area contributed by atoms with Gasteiger partial charge in [-0.1, -0.05) is 38.1 Å². The van der Waals surface area contributed by atoms with Crippen molar-refractivity contribution < 1.29 is 4.74 Å². The first-order valence-corrected chi connectivity index (χ1v) is 7.94. The maximum Gasteiger partial charge on any atom is 0.0618 e. The summed E-state index contributed by atoms with van der Waals surface area (Å²) in [6.45, 7) is 7.61. The lowest BCUT2D eigenvalue weighted by Gasteiger charge is -2.23. The molecule has 0 saturated heterocycles. The zero-order chi connectivity index (χ0) is 14.5.